The van der Waals surface area contributed by atoms with Crippen molar-refractivity contribution in [3.05, 3.63) is 105 Å². The molecule has 0 aromatic heterocycles. The van der Waals surface area contributed by atoms with Gasteiger partial charge in [0, 0.05) is 34.8 Å². The van der Waals surface area contributed by atoms with Crippen molar-refractivity contribution in [1.29, 1.82) is 0 Å². The Morgan fingerprint density at radius 1 is 0.850 bits per heavy atom. The highest BCUT2D eigenvalue weighted by atomic mass is 35.5. The molecule has 40 heavy (non-hydrogen) atoms. The van der Waals surface area contributed by atoms with Crippen molar-refractivity contribution in [2.45, 2.75) is 30.9 Å². The highest BCUT2D eigenvalue weighted by molar-refractivity contribution is 6.30. The van der Waals surface area contributed by atoms with Gasteiger partial charge in [0.1, 0.15) is 0 Å². The number of rotatable bonds is 12. The van der Waals surface area contributed by atoms with E-state index in [-0.39, 0.29) is 23.9 Å². The van der Waals surface area contributed by atoms with Crippen LogP contribution in [0.5, 0.6) is 0 Å². The molecule has 0 radical (unpaired) electrons. The first-order chi connectivity index (χ1) is 18.8. The Morgan fingerprint density at radius 3 is 1.82 bits per heavy atom. The summed E-state index contributed by atoms with van der Waals surface area (Å²) < 4.78 is 0. The SMILES string of the molecule is O=C(CC(Nc1ccc([N+](=O)[O-])cc1)c1ccccc1)c1ccc(Cl)cc1.O=C(O)CC(O)(CC(=O)O)C(=O)O. The van der Waals surface area contributed by atoms with Gasteiger partial charge in [0.05, 0.1) is 23.8 Å². The average Bonchev–Trinajstić information content (AvgIpc) is 2.89. The fourth-order valence-electron chi connectivity index (χ4n) is 3.47. The molecule has 0 bridgehead atoms. The quantitative estimate of drug-likeness (QED) is 0.117. The van der Waals surface area contributed by atoms with E-state index >= 15 is 0 Å². The summed E-state index contributed by atoms with van der Waals surface area (Å²) in [4.78, 5) is 53.6. The third-order valence-electron chi connectivity index (χ3n) is 5.46. The van der Waals surface area contributed by atoms with Crippen LogP contribution in [0.25, 0.3) is 0 Å². The van der Waals surface area contributed by atoms with Crippen molar-refractivity contribution < 1.29 is 44.5 Å². The summed E-state index contributed by atoms with van der Waals surface area (Å²) in [5, 5.41) is 48.5. The molecule has 0 saturated heterocycles. The van der Waals surface area contributed by atoms with Crippen LogP contribution in [0.3, 0.4) is 0 Å². The van der Waals surface area contributed by atoms with Crippen molar-refractivity contribution in [3.63, 3.8) is 0 Å². The van der Waals surface area contributed by atoms with Crippen LogP contribution >= 0.6 is 11.6 Å². The van der Waals surface area contributed by atoms with Crippen LogP contribution in [0, 0.1) is 10.1 Å². The zero-order valence-corrected chi connectivity index (χ0v) is 21.5. The van der Waals surface area contributed by atoms with Gasteiger partial charge in [-0.15, -0.1) is 0 Å². The van der Waals surface area contributed by atoms with Gasteiger partial charge in [-0.05, 0) is 42.0 Å². The minimum atomic E-state index is -2.74. The van der Waals surface area contributed by atoms with Crippen molar-refractivity contribution in [2.24, 2.45) is 0 Å². The van der Waals surface area contributed by atoms with Crippen molar-refractivity contribution in [2.75, 3.05) is 5.32 Å². The summed E-state index contributed by atoms with van der Waals surface area (Å²) in [6.45, 7) is 0. The van der Waals surface area contributed by atoms with Gasteiger partial charge >= 0.3 is 17.9 Å². The second-order valence-electron chi connectivity index (χ2n) is 8.52. The lowest BCUT2D eigenvalue weighted by Gasteiger charge is -2.20. The van der Waals surface area contributed by atoms with E-state index in [2.05, 4.69) is 5.32 Å². The van der Waals surface area contributed by atoms with Crippen LogP contribution in [0.15, 0.2) is 78.9 Å². The maximum absolute atomic E-state index is 12.7. The predicted molar refractivity (Wildman–Crippen MR) is 143 cm³/mol. The zero-order chi connectivity index (χ0) is 29.9. The number of ketones is 1. The summed E-state index contributed by atoms with van der Waals surface area (Å²) in [6.07, 6.45) is -2.05. The molecule has 1 atom stereocenters. The Balaban J connectivity index is 0.000000366. The van der Waals surface area contributed by atoms with E-state index in [1.54, 1.807) is 36.4 Å². The standard InChI is InChI=1S/C21H17ClN2O3.C6H8O7/c22-17-8-6-16(7-9-17)21(25)14-20(15-4-2-1-3-5-15)23-18-10-12-19(13-11-18)24(26)27;7-3(8)1-6(13,5(11)12)2-4(9)10/h1-13,20,23H,14H2;13H,1-2H2,(H,7,8)(H,9,10)(H,11,12). The Morgan fingerprint density at radius 2 is 1.38 bits per heavy atom. The lowest BCUT2D eigenvalue weighted by Crippen LogP contribution is -2.42. The molecule has 210 valence electrons. The molecule has 5 N–H and O–H groups in total. The largest absolute Gasteiger partial charge is 0.481 e. The third kappa shape index (κ3) is 9.82. The number of non-ortho nitro benzene ring substituents is 1. The number of halogens is 1. The number of nitro benzene ring substituents is 1. The number of nitrogens with one attached hydrogen (secondary N) is 1. The second kappa shape index (κ2) is 14.4. The summed E-state index contributed by atoms with van der Waals surface area (Å²) in [5.74, 6) is -5.04. The van der Waals surface area contributed by atoms with Gasteiger partial charge in [-0.3, -0.25) is 24.5 Å². The second-order valence-corrected chi connectivity index (χ2v) is 8.96. The first kappa shape index (κ1) is 31.4. The lowest BCUT2D eigenvalue weighted by molar-refractivity contribution is -0.384. The fourth-order valence-corrected chi connectivity index (χ4v) is 3.60. The molecule has 0 aliphatic carbocycles. The van der Waals surface area contributed by atoms with Gasteiger partial charge in [-0.2, -0.15) is 0 Å². The van der Waals surface area contributed by atoms with E-state index in [0.29, 0.717) is 16.3 Å². The minimum absolute atomic E-state index is 0.0186. The molecule has 3 aromatic rings. The molecule has 0 spiro atoms. The number of benzene rings is 3. The maximum atomic E-state index is 12.7. The van der Waals surface area contributed by atoms with Gasteiger partial charge < -0.3 is 25.7 Å². The molecule has 12 nitrogen and oxygen atoms in total. The van der Waals surface area contributed by atoms with Crippen molar-refractivity contribution in [1.82, 2.24) is 0 Å². The molecule has 0 amide bonds. The predicted octanol–water partition coefficient (Wildman–Crippen LogP) is 4.43. The van der Waals surface area contributed by atoms with Crippen molar-refractivity contribution >= 4 is 46.7 Å². The van der Waals surface area contributed by atoms with Gasteiger partial charge in [-0.25, -0.2) is 4.79 Å². The summed E-state index contributed by atoms with van der Waals surface area (Å²) in [7, 11) is 0. The topological polar surface area (TPSA) is 204 Å². The number of carbonyl (C=O) groups is 4. The Kier molecular flexibility index (Phi) is 11.3. The number of carbonyl (C=O) groups excluding carboxylic acids is 1. The smallest absolute Gasteiger partial charge is 0.336 e. The van der Waals surface area contributed by atoms with Crippen LogP contribution in [0.4, 0.5) is 11.4 Å². The minimum Gasteiger partial charge on any atom is -0.481 e. The highest BCUT2D eigenvalue weighted by Crippen LogP contribution is 2.26. The van der Waals surface area contributed by atoms with E-state index in [1.165, 1.54) is 12.1 Å². The van der Waals surface area contributed by atoms with E-state index in [0.717, 1.165) is 5.56 Å². The normalized spacial score (nSPS) is 11.3. The van der Waals surface area contributed by atoms with E-state index < -0.39 is 41.3 Å². The molecule has 0 heterocycles. The Hall–Kier alpha value is -4.81. The Bertz CT molecular complexity index is 1330. The fraction of sp³-hybridized carbons (Fsp3) is 0.185. The molecule has 0 saturated carbocycles. The molecule has 3 rings (SSSR count). The third-order valence-corrected chi connectivity index (χ3v) is 5.71. The van der Waals surface area contributed by atoms with Crippen LogP contribution in [0.2, 0.25) is 5.02 Å². The number of nitro groups is 1. The van der Waals surface area contributed by atoms with Gasteiger partial charge in [0.15, 0.2) is 11.4 Å². The molecule has 0 aliphatic rings. The monoisotopic (exact) mass is 572 g/mol. The number of aliphatic carboxylic acids is 3. The van der Waals surface area contributed by atoms with Crippen LogP contribution in [-0.4, -0.2) is 54.6 Å². The number of nitrogens with zero attached hydrogens (tertiary/aromatic N) is 1. The van der Waals surface area contributed by atoms with Crippen LogP contribution < -0.4 is 5.32 Å². The number of Topliss-reactive ketones (excluding diaryl/α,β-unsaturated/α-hetero) is 1. The average molecular weight is 573 g/mol. The lowest BCUT2D eigenvalue weighted by atomic mass is 9.96. The molecule has 1 unspecified atom stereocenters. The number of hydrogen-bond acceptors (Lipinski definition) is 8. The molecule has 0 fully saturated rings. The number of carboxylic acids is 3. The van der Waals surface area contributed by atoms with Gasteiger partial charge in [0.25, 0.3) is 5.69 Å². The number of carboxylic acid groups (broad SMARTS) is 3. The summed E-state index contributed by atoms with van der Waals surface area (Å²) in [6, 6.07) is 22.3. The molecule has 13 heteroatoms. The summed E-state index contributed by atoms with van der Waals surface area (Å²) in [5.41, 5.74) is -0.464. The van der Waals surface area contributed by atoms with Gasteiger partial charge in [0.2, 0.25) is 0 Å². The molecular weight excluding hydrogens is 548 g/mol. The zero-order valence-electron chi connectivity index (χ0n) is 20.8. The van der Waals surface area contributed by atoms with E-state index in [4.69, 9.17) is 32.0 Å². The van der Waals surface area contributed by atoms with E-state index in [1.807, 2.05) is 30.3 Å². The highest BCUT2D eigenvalue weighted by Gasteiger charge is 2.40. The molecular formula is C27H25ClN2O10. The first-order valence-corrected chi connectivity index (χ1v) is 11.9. The summed E-state index contributed by atoms with van der Waals surface area (Å²) >= 11 is 5.89. The van der Waals surface area contributed by atoms with E-state index in [9.17, 15) is 29.3 Å². The first-order valence-electron chi connectivity index (χ1n) is 11.5. The molecule has 3 aromatic carbocycles. The Labute approximate surface area is 232 Å². The van der Waals surface area contributed by atoms with Crippen molar-refractivity contribution in [3.8, 4) is 0 Å². The maximum Gasteiger partial charge on any atom is 0.336 e. The van der Waals surface area contributed by atoms with Crippen LogP contribution in [0.1, 0.15) is 41.2 Å². The number of anilines is 1. The number of hydrogen-bond donors (Lipinski definition) is 5. The number of aliphatic hydroxyl groups is 1. The van der Waals surface area contributed by atoms with Crippen LogP contribution in [-0.2, 0) is 14.4 Å². The van der Waals surface area contributed by atoms with Gasteiger partial charge in [-0.1, -0.05) is 41.9 Å². The molecule has 0 aliphatic heterocycles.